The van der Waals surface area contributed by atoms with E-state index in [9.17, 15) is 5.11 Å². The van der Waals surface area contributed by atoms with Crippen molar-refractivity contribution in [1.82, 2.24) is 4.90 Å². The second-order valence-corrected chi connectivity index (χ2v) is 6.24. The number of rotatable bonds is 2. The van der Waals surface area contributed by atoms with Crippen molar-refractivity contribution in [3.05, 3.63) is 35.9 Å². The molecule has 2 aliphatic rings. The van der Waals surface area contributed by atoms with Crippen LogP contribution in [0.4, 0.5) is 0 Å². The van der Waals surface area contributed by atoms with Crippen molar-refractivity contribution in [1.29, 1.82) is 0 Å². The summed E-state index contributed by atoms with van der Waals surface area (Å²) in [4.78, 5) is 2.46. The third kappa shape index (κ3) is 1.92. The Labute approximate surface area is 120 Å². The van der Waals surface area contributed by atoms with E-state index in [4.69, 9.17) is 4.74 Å². The summed E-state index contributed by atoms with van der Waals surface area (Å²) in [7, 11) is 3.82. The van der Waals surface area contributed by atoms with Gasteiger partial charge in [0, 0.05) is 11.5 Å². The molecule has 0 unspecified atom stereocenters. The average molecular weight is 273 g/mol. The first-order valence-electron chi connectivity index (χ1n) is 7.31. The van der Waals surface area contributed by atoms with Crippen LogP contribution in [-0.4, -0.2) is 36.8 Å². The summed E-state index contributed by atoms with van der Waals surface area (Å²) in [6.07, 6.45) is 4.51. The van der Waals surface area contributed by atoms with Crippen LogP contribution >= 0.6 is 0 Å². The van der Waals surface area contributed by atoms with Gasteiger partial charge in [-0.15, -0.1) is 0 Å². The lowest BCUT2D eigenvalue weighted by Gasteiger charge is -2.42. The molecule has 1 aliphatic carbocycles. The average Bonchev–Trinajstić information content (AvgIpc) is 2.78. The van der Waals surface area contributed by atoms with Gasteiger partial charge in [0.1, 0.15) is 0 Å². The highest BCUT2D eigenvalue weighted by Gasteiger charge is 2.49. The summed E-state index contributed by atoms with van der Waals surface area (Å²) in [5.41, 5.74) is 2.86. The van der Waals surface area contributed by atoms with Crippen LogP contribution in [0.3, 0.4) is 0 Å². The van der Waals surface area contributed by atoms with Gasteiger partial charge in [0.05, 0.1) is 7.11 Å². The molecule has 20 heavy (non-hydrogen) atoms. The highest BCUT2D eigenvalue weighted by atomic mass is 16.5. The number of phenols is 1. The van der Waals surface area contributed by atoms with Gasteiger partial charge < -0.3 is 14.7 Å². The fourth-order valence-corrected chi connectivity index (χ4v) is 4.01. The smallest absolute Gasteiger partial charge is 0.160 e. The number of ether oxygens (including phenoxy) is 1. The zero-order chi connectivity index (χ0) is 14.3. The Bertz CT molecular complexity index is 540. The van der Waals surface area contributed by atoms with Gasteiger partial charge in [0.15, 0.2) is 11.5 Å². The zero-order valence-corrected chi connectivity index (χ0v) is 12.4. The molecule has 1 saturated carbocycles. The summed E-state index contributed by atoms with van der Waals surface area (Å²) < 4.78 is 5.29. The number of nitrogens with zero attached hydrogens (tertiary/aromatic N) is 1. The summed E-state index contributed by atoms with van der Waals surface area (Å²) in [6, 6.07) is 6.38. The van der Waals surface area contributed by atoms with Crippen LogP contribution in [0.2, 0.25) is 0 Å². The van der Waals surface area contributed by atoms with E-state index in [0.717, 1.165) is 25.8 Å². The van der Waals surface area contributed by atoms with Crippen LogP contribution < -0.4 is 4.74 Å². The van der Waals surface area contributed by atoms with E-state index in [-0.39, 0.29) is 11.2 Å². The molecule has 2 atom stereocenters. The Kier molecular flexibility index (Phi) is 3.25. The van der Waals surface area contributed by atoms with Crippen molar-refractivity contribution in [2.75, 3.05) is 20.7 Å². The molecule has 1 aliphatic heterocycles. The fourth-order valence-electron chi connectivity index (χ4n) is 4.01. The van der Waals surface area contributed by atoms with E-state index >= 15 is 0 Å². The van der Waals surface area contributed by atoms with Crippen LogP contribution in [-0.2, 0) is 5.41 Å². The van der Waals surface area contributed by atoms with E-state index in [1.165, 1.54) is 17.6 Å². The van der Waals surface area contributed by atoms with Gasteiger partial charge >= 0.3 is 0 Å². The third-order valence-electron chi connectivity index (χ3n) is 5.24. The molecular formula is C17H23NO2. The molecule has 0 bridgehead atoms. The Morgan fingerprint density at radius 1 is 1.40 bits per heavy atom. The number of fused-ring (bicyclic) bond motifs is 1. The second-order valence-electron chi connectivity index (χ2n) is 6.24. The molecule has 1 heterocycles. The number of likely N-dealkylation sites (tertiary alicyclic amines) is 1. The molecule has 0 spiro atoms. The van der Waals surface area contributed by atoms with Gasteiger partial charge in [0.2, 0.25) is 0 Å². The first kappa shape index (κ1) is 13.5. The normalized spacial score (nSPS) is 30.3. The predicted octanol–water partition coefficient (Wildman–Crippen LogP) is 3.08. The summed E-state index contributed by atoms with van der Waals surface area (Å²) in [5, 5.41) is 9.82. The lowest BCUT2D eigenvalue weighted by atomic mass is 9.65. The fraction of sp³-hybridized carbons (Fsp3) is 0.529. The molecule has 1 aromatic carbocycles. The van der Waals surface area contributed by atoms with E-state index in [2.05, 4.69) is 24.6 Å². The molecule has 2 fully saturated rings. The Morgan fingerprint density at radius 2 is 2.20 bits per heavy atom. The highest BCUT2D eigenvalue weighted by Crippen LogP contribution is 2.50. The molecule has 0 radical (unpaired) electrons. The van der Waals surface area contributed by atoms with Gasteiger partial charge in [-0.05, 0) is 57.0 Å². The van der Waals surface area contributed by atoms with E-state index < -0.39 is 0 Å². The maximum atomic E-state index is 9.82. The van der Waals surface area contributed by atoms with Gasteiger partial charge in [0.25, 0.3) is 0 Å². The van der Waals surface area contributed by atoms with Crippen LogP contribution in [0.5, 0.6) is 11.5 Å². The lowest BCUT2D eigenvalue weighted by molar-refractivity contribution is 0.209. The minimum absolute atomic E-state index is 0.191. The Balaban J connectivity index is 2.04. The quantitative estimate of drug-likeness (QED) is 0.841. The molecule has 1 aromatic rings. The number of methoxy groups -OCH3 is 1. The molecular weight excluding hydrogens is 250 g/mol. The van der Waals surface area contributed by atoms with Crippen molar-refractivity contribution in [3.8, 4) is 11.5 Å². The van der Waals surface area contributed by atoms with Crippen LogP contribution in [0.15, 0.2) is 30.4 Å². The Morgan fingerprint density at radius 3 is 2.95 bits per heavy atom. The van der Waals surface area contributed by atoms with E-state index in [0.29, 0.717) is 11.8 Å². The molecule has 1 N–H and O–H groups in total. The van der Waals surface area contributed by atoms with Crippen molar-refractivity contribution >= 4 is 0 Å². The molecule has 3 rings (SSSR count). The van der Waals surface area contributed by atoms with Gasteiger partial charge in [-0.1, -0.05) is 18.2 Å². The third-order valence-corrected chi connectivity index (χ3v) is 5.24. The van der Waals surface area contributed by atoms with Crippen LogP contribution in [0, 0.1) is 0 Å². The molecule has 108 valence electrons. The number of hydrogen-bond donors (Lipinski definition) is 1. The number of likely N-dealkylation sites (N-methyl/N-ethyl adjacent to an activating group) is 1. The van der Waals surface area contributed by atoms with Crippen molar-refractivity contribution < 1.29 is 9.84 Å². The largest absolute Gasteiger partial charge is 0.504 e. The maximum Gasteiger partial charge on any atom is 0.160 e. The van der Waals surface area contributed by atoms with Crippen LogP contribution in [0.1, 0.15) is 31.2 Å². The van der Waals surface area contributed by atoms with E-state index in [1.54, 1.807) is 13.2 Å². The van der Waals surface area contributed by atoms with Gasteiger partial charge in [-0.3, -0.25) is 0 Å². The van der Waals surface area contributed by atoms with Crippen molar-refractivity contribution in [2.45, 2.75) is 37.1 Å². The van der Waals surface area contributed by atoms with Gasteiger partial charge in [-0.2, -0.15) is 0 Å². The topological polar surface area (TPSA) is 32.7 Å². The number of phenolic OH excluding ortho intramolecular Hbond substituents is 1. The molecule has 1 saturated heterocycles. The SMILES string of the molecule is C=C1CC[C@@]2(c3ccc(O)c(OC)c3)CCN(C)[C@H]2C1. The maximum absolute atomic E-state index is 9.82. The summed E-state index contributed by atoms with van der Waals surface area (Å²) in [6.45, 7) is 5.32. The highest BCUT2D eigenvalue weighted by molar-refractivity contribution is 5.46. The molecule has 3 nitrogen and oxygen atoms in total. The summed E-state index contributed by atoms with van der Waals surface area (Å²) >= 11 is 0. The minimum Gasteiger partial charge on any atom is -0.504 e. The number of aromatic hydroxyl groups is 1. The lowest BCUT2D eigenvalue weighted by Crippen LogP contribution is -2.44. The van der Waals surface area contributed by atoms with Crippen molar-refractivity contribution in [2.24, 2.45) is 0 Å². The van der Waals surface area contributed by atoms with Crippen LogP contribution in [0.25, 0.3) is 0 Å². The van der Waals surface area contributed by atoms with E-state index in [1.807, 2.05) is 6.07 Å². The molecule has 0 aromatic heterocycles. The molecule has 0 amide bonds. The summed E-state index contributed by atoms with van der Waals surface area (Å²) in [5.74, 6) is 0.797. The second kappa shape index (κ2) is 4.81. The zero-order valence-electron chi connectivity index (χ0n) is 12.4. The predicted molar refractivity (Wildman–Crippen MR) is 80.4 cm³/mol. The minimum atomic E-state index is 0.191. The number of hydrogen-bond acceptors (Lipinski definition) is 3. The monoisotopic (exact) mass is 273 g/mol. The molecule has 3 heteroatoms. The first-order valence-corrected chi connectivity index (χ1v) is 7.31. The number of benzene rings is 1. The standard InChI is InChI=1S/C17H23NO2/c1-12-6-7-17(8-9-18(2)16(17)10-12)13-4-5-14(19)15(11-13)20-3/h4-5,11,16,19H,1,6-10H2,2-3H3/t16-,17-/m0/s1. The van der Waals surface area contributed by atoms with Gasteiger partial charge in [-0.25, -0.2) is 0 Å². The first-order chi connectivity index (χ1) is 9.56. The van der Waals surface area contributed by atoms with Crippen molar-refractivity contribution in [3.63, 3.8) is 0 Å². The Hall–Kier alpha value is -1.48.